The van der Waals surface area contributed by atoms with Crippen molar-refractivity contribution in [1.82, 2.24) is 14.9 Å². The first-order chi connectivity index (χ1) is 20.5. The van der Waals surface area contributed by atoms with E-state index in [1.54, 1.807) is 30.5 Å². The molecule has 0 bridgehead atoms. The van der Waals surface area contributed by atoms with Gasteiger partial charge in [-0.25, -0.2) is 0 Å². The van der Waals surface area contributed by atoms with Crippen LogP contribution in [0.4, 0.5) is 17.1 Å². The Hall–Kier alpha value is -4.48. The van der Waals surface area contributed by atoms with Gasteiger partial charge in [-0.1, -0.05) is 31.5 Å². The van der Waals surface area contributed by atoms with Gasteiger partial charge in [0, 0.05) is 29.2 Å². The number of nitro benzene ring substituents is 1. The molecule has 2 N–H and O–H groups in total. The summed E-state index contributed by atoms with van der Waals surface area (Å²) in [6, 6.07) is 17.2. The molecule has 1 amide bonds. The number of amides is 1. The third kappa shape index (κ3) is 5.65. The molecule has 2 atom stereocenters. The Bertz CT molecular complexity index is 1720. The summed E-state index contributed by atoms with van der Waals surface area (Å²) in [4.78, 5) is 30.6. The van der Waals surface area contributed by atoms with E-state index in [1.807, 2.05) is 67.5 Å². The number of ether oxygens (including phenoxy) is 1. The highest BCUT2D eigenvalue weighted by Crippen LogP contribution is 2.45. The summed E-state index contributed by atoms with van der Waals surface area (Å²) in [5, 5.41) is 19.2. The molecule has 1 fully saturated rings. The van der Waals surface area contributed by atoms with E-state index < -0.39 is 4.92 Å². The Morgan fingerprint density at radius 1 is 1.16 bits per heavy atom. The van der Waals surface area contributed by atoms with E-state index >= 15 is 0 Å². The van der Waals surface area contributed by atoms with Crippen LogP contribution in [0.15, 0.2) is 66.9 Å². The molecule has 222 valence electrons. The number of rotatable bonds is 8. The lowest BCUT2D eigenvalue weighted by molar-refractivity contribution is -0.384. The molecule has 10 nitrogen and oxygen atoms in total. The molecule has 5 rings (SSSR count). The second-order valence-electron chi connectivity index (χ2n) is 10.6. The molecule has 2 aromatic heterocycles. The van der Waals surface area contributed by atoms with E-state index in [-0.39, 0.29) is 29.6 Å². The Morgan fingerprint density at radius 3 is 2.56 bits per heavy atom. The van der Waals surface area contributed by atoms with Gasteiger partial charge < -0.3 is 24.8 Å². The monoisotopic (exact) mass is 618 g/mol. The Balaban J connectivity index is 1.65. The fourth-order valence-electron chi connectivity index (χ4n) is 5.40. The van der Waals surface area contributed by atoms with Gasteiger partial charge in [0.05, 0.1) is 46.6 Å². The Kier molecular flexibility index (Phi) is 8.38. The van der Waals surface area contributed by atoms with Crippen molar-refractivity contribution in [2.45, 2.75) is 39.8 Å². The topological polar surface area (TPSA) is 115 Å². The van der Waals surface area contributed by atoms with Gasteiger partial charge in [-0.05, 0) is 80.2 Å². The third-order valence-corrected chi connectivity index (χ3v) is 8.15. The van der Waals surface area contributed by atoms with Crippen molar-refractivity contribution in [3.8, 4) is 11.4 Å². The number of nitrogens with one attached hydrogen (secondary N) is 2. The van der Waals surface area contributed by atoms with Crippen molar-refractivity contribution < 1.29 is 14.5 Å². The fourth-order valence-corrected chi connectivity index (χ4v) is 5.97. The van der Waals surface area contributed by atoms with Crippen LogP contribution in [0.25, 0.3) is 5.69 Å². The molecule has 0 spiro atoms. The molecule has 43 heavy (non-hydrogen) atoms. The van der Waals surface area contributed by atoms with Crippen molar-refractivity contribution in [3.05, 3.63) is 105 Å². The molecular formula is C31H31ClN6O4S. The van der Waals surface area contributed by atoms with Crippen LogP contribution in [0.3, 0.4) is 0 Å². The van der Waals surface area contributed by atoms with Gasteiger partial charge in [0.15, 0.2) is 5.11 Å². The Labute approximate surface area is 259 Å². The molecule has 1 aliphatic heterocycles. The van der Waals surface area contributed by atoms with Crippen molar-refractivity contribution >= 4 is 51.9 Å². The minimum Gasteiger partial charge on any atom is -0.496 e. The van der Waals surface area contributed by atoms with E-state index in [1.165, 1.54) is 13.2 Å². The summed E-state index contributed by atoms with van der Waals surface area (Å²) in [6.07, 6.45) is 1.73. The summed E-state index contributed by atoms with van der Waals surface area (Å²) in [5.74, 6) is 0.0577. The van der Waals surface area contributed by atoms with Gasteiger partial charge in [0.25, 0.3) is 5.69 Å². The highest BCUT2D eigenvalue weighted by atomic mass is 35.5. The lowest BCUT2D eigenvalue weighted by Gasteiger charge is -2.28. The first-order valence-corrected chi connectivity index (χ1v) is 14.4. The second-order valence-corrected chi connectivity index (χ2v) is 11.4. The normalized spacial score (nSPS) is 16.3. The van der Waals surface area contributed by atoms with Crippen molar-refractivity contribution in [3.63, 3.8) is 0 Å². The van der Waals surface area contributed by atoms with E-state index in [0.29, 0.717) is 32.9 Å². The number of thiocarbonyl (C=S) groups is 1. The van der Waals surface area contributed by atoms with Crippen LogP contribution in [0.1, 0.15) is 48.6 Å². The lowest BCUT2D eigenvalue weighted by atomic mass is 9.96. The first kappa shape index (κ1) is 30.0. The molecule has 0 radical (unpaired) electrons. The van der Waals surface area contributed by atoms with Crippen LogP contribution in [-0.2, 0) is 4.79 Å². The molecule has 0 aliphatic carbocycles. The maximum atomic E-state index is 12.3. The fraction of sp³-hybridized carbons (Fsp3) is 0.258. The standard InChI is InChI=1S/C31H31ClN6O4S/c1-17(2)30(39)34-24-11-9-20(15-23(24)32)37-29(28(35-31(37)43)25-8-6-7-13-33-25)22-14-18(3)36(19(22)4)26-12-10-21(42-5)16-27(26)38(40)41/h6-17,28-29H,1-5H3,(H,34,39)(H,35,43)/t28-,29+/m1/s1. The first-order valence-electron chi connectivity index (χ1n) is 13.6. The molecule has 12 heteroatoms. The maximum absolute atomic E-state index is 12.3. The number of nitrogens with zero attached hydrogens (tertiary/aromatic N) is 4. The number of hydrogen-bond acceptors (Lipinski definition) is 6. The van der Waals surface area contributed by atoms with Crippen LogP contribution in [0.2, 0.25) is 5.02 Å². The van der Waals surface area contributed by atoms with Crippen LogP contribution in [0, 0.1) is 29.9 Å². The zero-order valence-electron chi connectivity index (χ0n) is 24.3. The lowest BCUT2D eigenvalue weighted by Crippen LogP contribution is -2.29. The molecule has 3 heterocycles. The van der Waals surface area contributed by atoms with E-state index in [2.05, 4.69) is 15.6 Å². The van der Waals surface area contributed by atoms with Crippen LogP contribution < -0.4 is 20.3 Å². The van der Waals surface area contributed by atoms with E-state index in [0.717, 1.165) is 22.6 Å². The molecule has 0 saturated carbocycles. The summed E-state index contributed by atoms with van der Waals surface area (Å²) in [7, 11) is 1.47. The predicted octanol–water partition coefficient (Wildman–Crippen LogP) is 6.83. The molecule has 2 aromatic carbocycles. The number of hydrogen-bond donors (Lipinski definition) is 2. The van der Waals surface area contributed by atoms with Crippen LogP contribution >= 0.6 is 23.8 Å². The van der Waals surface area contributed by atoms with Crippen molar-refractivity contribution in [2.24, 2.45) is 5.92 Å². The number of halogens is 1. The smallest absolute Gasteiger partial charge is 0.296 e. The van der Waals surface area contributed by atoms with Gasteiger partial charge in [-0.3, -0.25) is 19.9 Å². The summed E-state index contributed by atoms with van der Waals surface area (Å²) < 4.78 is 7.12. The van der Waals surface area contributed by atoms with Crippen LogP contribution in [-0.4, -0.2) is 32.6 Å². The van der Waals surface area contributed by atoms with E-state index in [4.69, 9.17) is 28.6 Å². The third-order valence-electron chi connectivity index (χ3n) is 7.52. The zero-order valence-corrected chi connectivity index (χ0v) is 25.9. The largest absolute Gasteiger partial charge is 0.496 e. The maximum Gasteiger partial charge on any atom is 0.296 e. The number of carbonyl (C=O) groups excluding carboxylic acids is 1. The molecule has 0 unspecified atom stereocenters. The number of anilines is 2. The number of nitro groups is 1. The van der Waals surface area contributed by atoms with Gasteiger partial charge in [0.2, 0.25) is 5.91 Å². The minimum absolute atomic E-state index is 0.0725. The number of aromatic nitrogens is 2. The van der Waals surface area contributed by atoms with Gasteiger partial charge in [-0.15, -0.1) is 0 Å². The highest BCUT2D eigenvalue weighted by molar-refractivity contribution is 7.80. The average molecular weight is 619 g/mol. The van der Waals surface area contributed by atoms with E-state index in [9.17, 15) is 14.9 Å². The van der Waals surface area contributed by atoms with Gasteiger partial charge in [0.1, 0.15) is 11.4 Å². The molecule has 1 aliphatic rings. The zero-order chi connectivity index (χ0) is 31.0. The molecule has 1 saturated heterocycles. The number of carbonyl (C=O) groups is 1. The summed E-state index contributed by atoms with van der Waals surface area (Å²) >= 11 is 12.5. The number of methoxy groups -OCH3 is 1. The van der Waals surface area contributed by atoms with Crippen LogP contribution in [0.5, 0.6) is 5.75 Å². The Morgan fingerprint density at radius 2 is 1.93 bits per heavy atom. The highest BCUT2D eigenvalue weighted by Gasteiger charge is 2.42. The number of aryl methyl sites for hydroxylation is 1. The molecule has 4 aromatic rings. The summed E-state index contributed by atoms with van der Waals surface area (Å²) in [5.41, 5.74) is 4.87. The number of benzene rings is 2. The average Bonchev–Trinajstić information content (AvgIpc) is 3.48. The second kappa shape index (κ2) is 12.0. The SMILES string of the molecule is COc1ccc(-n2c(C)cc([C@H]3[C@@H](c4ccccn4)NC(=S)N3c3ccc(NC(=O)C(C)C)c(Cl)c3)c2C)c([N+](=O)[O-])c1. The predicted molar refractivity (Wildman–Crippen MR) is 171 cm³/mol. The van der Waals surface area contributed by atoms with Gasteiger partial charge >= 0.3 is 0 Å². The quantitative estimate of drug-likeness (QED) is 0.125. The number of pyridine rings is 1. The molecular weight excluding hydrogens is 588 g/mol. The summed E-state index contributed by atoms with van der Waals surface area (Å²) in [6.45, 7) is 7.47. The van der Waals surface area contributed by atoms with Crippen molar-refractivity contribution in [2.75, 3.05) is 17.3 Å². The van der Waals surface area contributed by atoms with Gasteiger partial charge in [-0.2, -0.15) is 0 Å². The minimum atomic E-state index is -0.409. The van der Waals surface area contributed by atoms with Crippen molar-refractivity contribution in [1.29, 1.82) is 0 Å².